The molecule has 0 bridgehead atoms. The first-order valence-electron chi connectivity index (χ1n) is 7.80. The van der Waals surface area contributed by atoms with E-state index in [1.165, 1.54) is 0 Å². The normalized spacial score (nSPS) is 15.3. The van der Waals surface area contributed by atoms with Crippen LogP contribution in [0, 0.1) is 0 Å². The van der Waals surface area contributed by atoms with E-state index in [0.717, 1.165) is 11.3 Å². The van der Waals surface area contributed by atoms with Crippen molar-refractivity contribution in [1.82, 2.24) is 15.1 Å². The van der Waals surface area contributed by atoms with E-state index in [-0.39, 0.29) is 11.9 Å². The third-order valence-electron chi connectivity index (χ3n) is 4.24. The summed E-state index contributed by atoms with van der Waals surface area (Å²) in [5, 5.41) is 3.07. The Bertz CT molecular complexity index is 561. The number of rotatable bonds is 3. The van der Waals surface area contributed by atoms with E-state index in [2.05, 4.69) is 5.32 Å². The Hall–Kier alpha value is -2.24. The average molecular weight is 319 g/mol. The molecule has 0 aromatic heterocycles. The Morgan fingerprint density at radius 3 is 2.04 bits per heavy atom. The van der Waals surface area contributed by atoms with Gasteiger partial charge in [-0.05, 0) is 31.5 Å². The van der Waals surface area contributed by atoms with Crippen LogP contribution in [0.4, 0.5) is 4.79 Å². The fourth-order valence-electron chi connectivity index (χ4n) is 2.65. The molecule has 1 aliphatic heterocycles. The fourth-order valence-corrected chi connectivity index (χ4v) is 2.65. The number of carbonyl (C=O) groups excluding carboxylic acids is 2. The minimum Gasteiger partial charge on any atom is -0.497 e. The van der Waals surface area contributed by atoms with Gasteiger partial charge in [0.25, 0.3) is 0 Å². The molecule has 0 aliphatic carbocycles. The Balaban J connectivity index is 1.96. The molecule has 1 saturated heterocycles. The molecule has 1 aromatic carbocycles. The lowest BCUT2D eigenvalue weighted by Gasteiger charge is -2.37. The van der Waals surface area contributed by atoms with Crippen molar-refractivity contribution >= 4 is 11.9 Å². The largest absolute Gasteiger partial charge is 0.497 e. The van der Waals surface area contributed by atoms with Crippen LogP contribution in [0.25, 0.3) is 0 Å². The number of nitrogens with zero attached hydrogens (tertiary/aromatic N) is 2. The number of methoxy groups -OCH3 is 1. The molecule has 1 N–H and O–H groups in total. The number of ether oxygens (including phenoxy) is 1. The van der Waals surface area contributed by atoms with Crippen LogP contribution in [0.1, 0.15) is 26.3 Å². The molecule has 6 nitrogen and oxygen atoms in total. The molecule has 2 rings (SSSR count). The topological polar surface area (TPSA) is 61.9 Å². The van der Waals surface area contributed by atoms with Crippen LogP contribution in [-0.4, -0.2) is 55.0 Å². The predicted octanol–water partition coefficient (Wildman–Crippen LogP) is 1.80. The van der Waals surface area contributed by atoms with Gasteiger partial charge in [-0.25, -0.2) is 4.79 Å². The number of carbonyl (C=O) groups is 2. The monoisotopic (exact) mass is 319 g/mol. The predicted molar refractivity (Wildman–Crippen MR) is 88.4 cm³/mol. The van der Waals surface area contributed by atoms with Gasteiger partial charge >= 0.3 is 6.03 Å². The van der Waals surface area contributed by atoms with Gasteiger partial charge in [-0.15, -0.1) is 0 Å². The van der Waals surface area contributed by atoms with Gasteiger partial charge < -0.3 is 19.9 Å². The van der Waals surface area contributed by atoms with E-state index in [9.17, 15) is 9.59 Å². The van der Waals surface area contributed by atoms with Crippen molar-refractivity contribution in [1.29, 1.82) is 0 Å². The minimum atomic E-state index is -0.485. The Kier molecular flexibility index (Phi) is 5.13. The van der Waals surface area contributed by atoms with Crippen molar-refractivity contribution in [3.05, 3.63) is 29.8 Å². The average Bonchev–Trinajstić information content (AvgIpc) is 2.54. The summed E-state index contributed by atoms with van der Waals surface area (Å²) in [4.78, 5) is 27.3. The molecule has 0 atom stereocenters. The Morgan fingerprint density at radius 1 is 1.04 bits per heavy atom. The van der Waals surface area contributed by atoms with Gasteiger partial charge in [0.1, 0.15) is 5.75 Å². The van der Waals surface area contributed by atoms with Crippen LogP contribution in [0.3, 0.4) is 0 Å². The van der Waals surface area contributed by atoms with Crippen LogP contribution in [0.2, 0.25) is 0 Å². The summed E-state index contributed by atoms with van der Waals surface area (Å²) >= 11 is 0. The van der Waals surface area contributed by atoms with E-state index in [4.69, 9.17) is 4.74 Å². The third kappa shape index (κ3) is 4.15. The van der Waals surface area contributed by atoms with Crippen LogP contribution in [-0.2, 0) is 10.3 Å². The lowest BCUT2D eigenvalue weighted by Crippen LogP contribution is -2.55. The molecule has 1 heterocycles. The standard InChI is InChI=1S/C17H25N3O3/c1-13(21)19-9-11-20(12-10-19)16(22)18-17(2,3)14-5-7-15(23-4)8-6-14/h5-8H,9-12H2,1-4H3,(H,18,22). The van der Waals surface area contributed by atoms with Gasteiger partial charge in [0.2, 0.25) is 5.91 Å². The number of amides is 3. The number of hydrogen-bond acceptors (Lipinski definition) is 3. The molecule has 1 aromatic rings. The third-order valence-corrected chi connectivity index (χ3v) is 4.24. The molecular formula is C17H25N3O3. The van der Waals surface area contributed by atoms with Gasteiger partial charge in [0.15, 0.2) is 0 Å². The van der Waals surface area contributed by atoms with Crippen molar-refractivity contribution in [2.75, 3.05) is 33.3 Å². The van der Waals surface area contributed by atoms with Crippen LogP contribution in [0.15, 0.2) is 24.3 Å². The maximum absolute atomic E-state index is 12.5. The van der Waals surface area contributed by atoms with Crippen molar-refractivity contribution in [2.45, 2.75) is 26.3 Å². The van der Waals surface area contributed by atoms with Crippen LogP contribution in [0.5, 0.6) is 5.75 Å². The number of hydrogen-bond donors (Lipinski definition) is 1. The Labute approximate surface area is 137 Å². The van der Waals surface area contributed by atoms with Gasteiger partial charge in [0, 0.05) is 33.1 Å². The molecule has 0 saturated carbocycles. The maximum atomic E-state index is 12.5. The van der Waals surface area contributed by atoms with E-state index >= 15 is 0 Å². The second-order valence-corrected chi connectivity index (χ2v) is 6.28. The van der Waals surface area contributed by atoms with E-state index in [1.54, 1.807) is 23.8 Å². The van der Waals surface area contributed by atoms with Crippen molar-refractivity contribution < 1.29 is 14.3 Å². The van der Waals surface area contributed by atoms with Crippen molar-refractivity contribution in [3.63, 3.8) is 0 Å². The smallest absolute Gasteiger partial charge is 0.318 e. The maximum Gasteiger partial charge on any atom is 0.318 e. The molecule has 0 spiro atoms. The highest BCUT2D eigenvalue weighted by molar-refractivity contribution is 5.76. The van der Waals surface area contributed by atoms with Gasteiger partial charge in [0.05, 0.1) is 12.6 Å². The lowest BCUT2D eigenvalue weighted by atomic mass is 9.94. The molecule has 1 fully saturated rings. The zero-order chi connectivity index (χ0) is 17.0. The molecule has 3 amide bonds. The van der Waals surface area contributed by atoms with Gasteiger partial charge in [-0.1, -0.05) is 12.1 Å². The fraction of sp³-hybridized carbons (Fsp3) is 0.529. The molecule has 0 unspecified atom stereocenters. The van der Waals surface area contributed by atoms with Crippen molar-refractivity contribution in [3.8, 4) is 5.75 Å². The Morgan fingerprint density at radius 2 is 1.57 bits per heavy atom. The van der Waals surface area contributed by atoms with Gasteiger partial charge in [-0.2, -0.15) is 0 Å². The minimum absolute atomic E-state index is 0.0589. The SMILES string of the molecule is COc1ccc(C(C)(C)NC(=O)N2CCN(C(C)=O)CC2)cc1. The zero-order valence-corrected chi connectivity index (χ0v) is 14.3. The van der Waals surface area contributed by atoms with Crippen molar-refractivity contribution in [2.24, 2.45) is 0 Å². The van der Waals surface area contributed by atoms with Crippen LogP contribution >= 0.6 is 0 Å². The number of urea groups is 1. The van der Waals surface area contributed by atoms with Gasteiger partial charge in [-0.3, -0.25) is 4.79 Å². The molecular weight excluding hydrogens is 294 g/mol. The highest BCUT2D eigenvalue weighted by Gasteiger charge is 2.28. The summed E-state index contributed by atoms with van der Waals surface area (Å²) in [5.41, 5.74) is 0.523. The molecule has 1 aliphatic rings. The first kappa shape index (κ1) is 17.1. The highest BCUT2D eigenvalue weighted by atomic mass is 16.5. The van der Waals surface area contributed by atoms with E-state index in [0.29, 0.717) is 26.2 Å². The highest BCUT2D eigenvalue weighted by Crippen LogP contribution is 2.23. The summed E-state index contributed by atoms with van der Waals surface area (Å²) in [6.07, 6.45) is 0. The summed E-state index contributed by atoms with van der Waals surface area (Å²) in [5.74, 6) is 0.847. The summed E-state index contributed by atoms with van der Waals surface area (Å²) in [7, 11) is 1.63. The van der Waals surface area contributed by atoms with E-state index in [1.807, 2.05) is 38.1 Å². The molecule has 6 heteroatoms. The quantitative estimate of drug-likeness (QED) is 0.924. The number of piperazine rings is 1. The molecule has 0 radical (unpaired) electrons. The zero-order valence-electron chi connectivity index (χ0n) is 14.3. The molecule has 23 heavy (non-hydrogen) atoms. The van der Waals surface area contributed by atoms with Crippen LogP contribution < -0.4 is 10.1 Å². The van der Waals surface area contributed by atoms with E-state index < -0.39 is 5.54 Å². The summed E-state index contributed by atoms with van der Waals surface area (Å²) in [6.45, 7) is 7.80. The first-order chi connectivity index (χ1) is 10.8. The lowest BCUT2D eigenvalue weighted by molar-refractivity contribution is -0.130. The summed E-state index contributed by atoms with van der Waals surface area (Å²) < 4.78 is 5.16. The first-order valence-corrected chi connectivity index (χ1v) is 7.80. The number of benzene rings is 1. The second kappa shape index (κ2) is 6.89. The molecule has 126 valence electrons. The number of nitrogens with one attached hydrogen (secondary N) is 1. The second-order valence-electron chi connectivity index (χ2n) is 6.28. The summed E-state index contributed by atoms with van der Waals surface area (Å²) in [6, 6.07) is 7.57.